The molecule has 0 radical (unpaired) electrons. The van der Waals surface area contributed by atoms with Crippen LogP contribution in [0.2, 0.25) is 0 Å². The van der Waals surface area contributed by atoms with Gasteiger partial charge in [-0.1, -0.05) is 6.92 Å². The van der Waals surface area contributed by atoms with Crippen molar-refractivity contribution < 1.29 is 9.47 Å². The second-order valence-corrected chi connectivity index (χ2v) is 3.95. The fraction of sp³-hybridized carbons (Fsp3) is 0.385. The number of anilines is 1. The molecule has 2 aromatic rings. The molecule has 0 atom stereocenters. The van der Waals surface area contributed by atoms with Crippen molar-refractivity contribution in [2.45, 2.75) is 13.3 Å². The molecule has 0 aliphatic heterocycles. The minimum absolute atomic E-state index is 0.303. The number of aromatic nitrogens is 4. The first kappa shape index (κ1) is 14.0. The number of ether oxygens (including phenoxy) is 2. The Balaban J connectivity index is 2.38. The first-order valence-corrected chi connectivity index (χ1v) is 6.34. The summed E-state index contributed by atoms with van der Waals surface area (Å²) in [5.41, 5.74) is 0.789. The Morgan fingerprint density at radius 1 is 1.25 bits per heavy atom. The number of hydrogen-bond acceptors (Lipinski definition) is 7. The molecule has 20 heavy (non-hydrogen) atoms. The second kappa shape index (κ2) is 6.65. The average molecular weight is 275 g/mol. The smallest absolute Gasteiger partial charge is 0.321 e. The minimum atomic E-state index is 0.303. The van der Waals surface area contributed by atoms with Crippen LogP contribution >= 0.6 is 0 Å². The van der Waals surface area contributed by atoms with Crippen LogP contribution in [0, 0.1) is 0 Å². The SMILES string of the molecule is CCCOc1nc(NC)nc(-c2ccnc(OC)c2)n1. The largest absolute Gasteiger partial charge is 0.481 e. The van der Waals surface area contributed by atoms with E-state index in [-0.39, 0.29) is 0 Å². The zero-order valence-corrected chi connectivity index (χ0v) is 11.8. The second-order valence-electron chi connectivity index (χ2n) is 3.95. The molecule has 1 N–H and O–H groups in total. The Labute approximate surface area is 117 Å². The molecule has 106 valence electrons. The topological polar surface area (TPSA) is 82.0 Å². The summed E-state index contributed by atoms with van der Waals surface area (Å²) in [6.45, 7) is 2.58. The molecule has 0 unspecified atom stereocenters. The molecule has 2 rings (SSSR count). The van der Waals surface area contributed by atoms with Crippen molar-refractivity contribution in [1.29, 1.82) is 0 Å². The summed E-state index contributed by atoms with van der Waals surface area (Å²) in [6, 6.07) is 3.87. The van der Waals surface area contributed by atoms with E-state index < -0.39 is 0 Å². The molecule has 7 nitrogen and oxygen atoms in total. The quantitative estimate of drug-likeness (QED) is 0.860. The lowest BCUT2D eigenvalue weighted by Crippen LogP contribution is -2.06. The summed E-state index contributed by atoms with van der Waals surface area (Å²) in [7, 11) is 3.31. The zero-order valence-electron chi connectivity index (χ0n) is 11.8. The third-order valence-corrected chi connectivity index (χ3v) is 2.48. The van der Waals surface area contributed by atoms with E-state index in [0.717, 1.165) is 12.0 Å². The highest BCUT2D eigenvalue weighted by molar-refractivity contribution is 5.57. The van der Waals surface area contributed by atoms with E-state index in [2.05, 4.69) is 25.3 Å². The molecule has 0 fully saturated rings. The third kappa shape index (κ3) is 3.31. The van der Waals surface area contributed by atoms with Gasteiger partial charge in [-0.25, -0.2) is 4.98 Å². The molecule has 0 bridgehead atoms. The summed E-state index contributed by atoms with van der Waals surface area (Å²) in [5, 5.41) is 2.89. The highest BCUT2D eigenvalue weighted by Gasteiger charge is 2.09. The standard InChI is InChI=1S/C13H17N5O2/c1-4-7-20-13-17-11(16-12(14-2)18-13)9-5-6-15-10(8-9)19-3/h5-6,8H,4,7H2,1-3H3,(H,14,16,17,18). The fourth-order valence-corrected chi connectivity index (χ4v) is 1.52. The van der Waals surface area contributed by atoms with E-state index in [9.17, 15) is 0 Å². The maximum absolute atomic E-state index is 5.47. The van der Waals surface area contributed by atoms with Gasteiger partial charge in [0.15, 0.2) is 5.82 Å². The lowest BCUT2D eigenvalue weighted by atomic mass is 10.2. The van der Waals surface area contributed by atoms with Crippen LogP contribution in [0.4, 0.5) is 5.95 Å². The van der Waals surface area contributed by atoms with Gasteiger partial charge in [-0.2, -0.15) is 15.0 Å². The molecule has 0 aliphatic rings. The molecule has 0 amide bonds. The predicted octanol–water partition coefficient (Wildman–Crippen LogP) is 1.77. The van der Waals surface area contributed by atoms with Crippen LogP contribution in [-0.4, -0.2) is 40.7 Å². The van der Waals surface area contributed by atoms with E-state index in [0.29, 0.717) is 30.3 Å². The van der Waals surface area contributed by atoms with Crippen molar-refractivity contribution in [3.63, 3.8) is 0 Å². The highest BCUT2D eigenvalue weighted by Crippen LogP contribution is 2.21. The Morgan fingerprint density at radius 2 is 2.10 bits per heavy atom. The van der Waals surface area contributed by atoms with Crippen molar-refractivity contribution in [1.82, 2.24) is 19.9 Å². The van der Waals surface area contributed by atoms with E-state index in [4.69, 9.17) is 9.47 Å². The predicted molar refractivity (Wildman–Crippen MR) is 74.9 cm³/mol. The fourth-order valence-electron chi connectivity index (χ4n) is 1.52. The van der Waals surface area contributed by atoms with Gasteiger partial charge < -0.3 is 14.8 Å². The summed E-state index contributed by atoms with van der Waals surface area (Å²) in [5.74, 6) is 1.47. The van der Waals surface area contributed by atoms with E-state index in [1.807, 2.05) is 6.92 Å². The Kier molecular flexibility index (Phi) is 4.65. The maximum atomic E-state index is 5.47. The molecule has 7 heteroatoms. The molecule has 0 saturated heterocycles. The van der Waals surface area contributed by atoms with E-state index >= 15 is 0 Å². The lowest BCUT2D eigenvalue weighted by Gasteiger charge is -2.08. The molecule has 0 aromatic carbocycles. The summed E-state index contributed by atoms with van der Waals surface area (Å²) in [6.07, 6.45) is 2.53. The number of rotatable bonds is 6. The number of nitrogens with zero attached hydrogens (tertiary/aromatic N) is 4. The zero-order chi connectivity index (χ0) is 14.4. The van der Waals surface area contributed by atoms with Crippen LogP contribution in [0.5, 0.6) is 11.9 Å². The van der Waals surface area contributed by atoms with Gasteiger partial charge in [0.1, 0.15) is 0 Å². The highest BCUT2D eigenvalue weighted by atomic mass is 16.5. The normalized spacial score (nSPS) is 10.2. The minimum Gasteiger partial charge on any atom is -0.481 e. The van der Waals surface area contributed by atoms with Crippen molar-refractivity contribution in [3.05, 3.63) is 18.3 Å². The Hall–Kier alpha value is -2.44. The van der Waals surface area contributed by atoms with Crippen molar-refractivity contribution in [3.8, 4) is 23.3 Å². The Bertz CT molecular complexity index is 576. The van der Waals surface area contributed by atoms with E-state index in [1.165, 1.54) is 0 Å². The van der Waals surface area contributed by atoms with Crippen LogP contribution in [0.1, 0.15) is 13.3 Å². The molecular weight excluding hydrogens is 258 g/mol. The lowest BCUT2D eigenvalue weighted by molar-refractivity contribution is 0.292. The monoisotopic (exact) mass is 275 g/mol. The van der Waals surface area contributed by atoms with Crippen LogP contribution in [0.15, 0.2) is 18.3 Å². The molecule has 2 aromatic heterocycles. The van der Waals surface area contributed by atoms with Gasteiger partial charge >= 0.3 is 6.01 Å². The molecule has 2 heterocycles. The average Bonchev–Trinajstić information content (AvgIpc) is 2.52. The van der Waals surface area contributed by atoms with Crippen molar-refractivity contribution in [2.75, 3.05) is 26.1 Å². The molecule has 0 spiro atoms. The van der Waals surface area contributed by atoms with Gasteiger partial charge in [0.25, 0.3) is 0 Å². The van der Waals surface area contributed by atoms with Gasteiger partial charge in [-0.3, -0.25) is 0 Å². The number of hydrogen-bond donors (Lipinski definition) is 1. The number of nitrogens with one attached hydrogen (secondary N) is 1. The van der Waals surface area contributed by atoms with Crippen LogP contribution in [0.3, 0.4) is 0 Å². The third-order valence-electron chi connectivity index (χ3n) is 2.48. The Morgan fingerprint density at radius 3 is 2.80 bits per heavy atom. The number of pyridine rings is 1. The van der Waals surface area contributed by atoms with Crippen molar-refractivity contribution >= 4 is 5.95 Å². The van der Waals surface area contributed by atoms with Crippen LogP contribution < -0.4 is 14.8 Å². The van der Waals surface area contributed by atoms with Gasteiger partial charge in [0.05, 0.1) is 13.7 Å². The maximum Gasteiger partial charge on any atom is 0.321 e. The van der Waals surface area contributed by atoms with Crippen LogP contribution in [0.25, 0.3) is 11.4 Å². The van der Waals surface area contributed by atoms with Crippen molar-refractivity contribution in [2.24, 2.45) is 0 Å². The summed E-state index contributed by atoms with van der Waals surface area (Å²) < 4.78 is 10.6. The van der Waals surface area contributed by atoms with Gasteiger partial charge in [-0.15, -0.1) is 0 Å². The van der Waals surface area contributed by atoms with E-state index in [1.54, 1.807) is 32.5 Å². The number of methoxy groups -OCH3 is 1. The first-order valence-electron chi connectivity index (χ1n) is 6.34. The summed E-state index contributed by atoms with van der Waals surface area (Å²) >= 11 is 0. The summed E-state index contributed by atoms with van der Waals surface area (Å²) in [4.78, 5) is 16.8. The van der Waals surface area contributed by atoms with Gasteiger partial charge in [-0.05, 0) is 12.5 Å². The van der Waals surface area contributed by atoms with Gasteiger partial charge in [0.2, 0.25) is 11.8 Å². The van der Waals surface area contributed by atoms with Crippen LogP contribution in [-0.2, 0) is 0 Å². The molecule has 0 saturated carbocycles. The first-order chi connectivity index (χ1) is 9.76. The molecule has 0 aliphatic carbocycles. The molecular formula is C13H17N5O2. The van der Waals surface area contributed by atoms with Gasteiger partial charge in [0, 0.05) is 24.9 Å².